The molecule has 2 heterocycles. The lowest BCUT2D eigenvalue weighted by Crippen LogP contribution is -2.50. The van der Waals surface area contributed by atoms with Gasteiger partial charge in [0.25, 0.3) is 0 Å². The molecule has 6 heteroatoms. The van der Waals surface area contributed by atoms with Crippen LogP contribution in [0.3, 0.4) is 0 Å². The van der Waals surface area contributed by atoms with Crippen molar-refractivity contribution in [3.63, 3.8) is 0 Å². The predicted molar refractivity (Wildman–Crippen MR) is 77.8 cm³/mol. The Hall–Kier alpha value is -1.43. The van der Waals surface area contributed by atoms with Crippen LogP contribution >= 0.6 is 0 Å². The number of nitrogens with zero attached hydrogens (tertiary/aromatic N) is 3. The van der Waals surface area contributed by atoms with E-state index in [9.17, 15) is 9.90 Å². The largest absolute Gasteiger partial charge is 0.480 e. The fraction of sp³-hybridized carbons (Fsp3) is 0.800. The summed E-state index contributed by atoms with van der Waals surface area (Å²) in [6, 6.07) is 0. The van der Waals surface area contributed by atoms with Crippen LogP contribution in [0.25, 0.3) is 0 Å². The van der Waals surface area contributed by atoms with Crippen molar-refractivity contribution >= 4 is 5.97 Å². The van der Waals surface area contributed by atoms with Crippen molar-refractivity contribution in [3.8, 4) is 0 Å². The molecule has 1 unspecified atom stereocenters. The summed E-state index contributed by atoms with van der Waals surface area (Å²) in [4.78, 5) is 18.1. The van der Waals surface area contributed by atoms with E-state index >= 15 is 0 Å². The van der Waals surface area contributed by atoms with Crippen molar-refractivity contribution in [3.05, 3.63) is 11.7 Å². The van der Waals surface area contributed by atoms with Crippen LogP contribution in [0.5, 0.6) is 0 Å². The van der Waals surface area contributed by atoms with Crippen LogP contribution < -0.4 is 0 Å². The Morgan fingerprint density at radius 2 is 2.29 bits per heavy atom. The molecule has 0 bridgehead atoms. The normalized spacial score (nSPS) is 23.0. The molecule has 0 saturated carbocycles. The molecule has 0 amide bonds. The molecule has 1 N–H and O–H groups in total. The van der Waals surface area contributed by atoms with Gasteiger partial charge >= 0.3 is 5.97 Å². The number of carboxylic acids is 1. The van der Waals surface area contributed by atoms with Crippen LogP contribution in [-0.4, -0.2) is 38.2 Å². The van der Waals surface area contributed by atoms with Crippen molar-refractivity contribution < 1.29 is 14.4 Å². The van der Waals surface area contributed by atoms with E-state index < -0.39 is 11.5 Å². The van der Waals surface area contributed by atoms with Crippen molar-refractivity contribution in [1.29, 1.82) is 0 Å². The van der Waals surface area contributed by atoms with Gasteiger partial charge in [-0.15, -0.1) is 0 Å². The molecule has 0 spiro atoms. The zero-order valence-corrected chi connectivity index (χ0v) is 13.1. The molecule has 0 aliphatic carbocycles. The molecule has 1 atom stereocenters. The molecule has 1 saturated heterocycles. The van der Waals surface area contributed by atoms with Crippen LogP contribution in [0.2, 0.25) is 0 Å². The standard InChI is InChI=1S/C15H25N3O3/c1-4-6-15(14(19)20)7-5-8-18(15)10-12-16-13(21-17-12)9-11(2)3/h11H,4-10H2,1-3H3,(H,19,20). The minimum Gasteiger partial charge on any atom is -0.480 e. The summed E-state index contributed by atoms with van der Waals surface area (Å²) in [5.41, 5.74) is -0.756. The summed E-state index contributed by atoms with van der Waals surface area (Å²) in [5, 5.41) is 13.7. The monoisotopic (exact) mass is 295 g/mol. The first-order valence-electron chi connectivity index (χ1n) is 7.78. The van der Waals surface area contributed by atoms with E-state index in [1.165, 1.54) is 0 Å². The average molecular weight is 295 g/mol. The highest BCUT2D eigenvalue weighted by atomic mass is 16.5. The number of carbonyl (C=O) groups is 1. The Morgan fingerprint density at radius 1 is 1.52 bits per heavy atom. The Labute approximate surface area is 125 Å². The van der Waals surface area contributed by atoms with Crippen LogP contribution in [0, 0.1) is 5.92 Å². The molecule has 118 valence electrons. The van der Waals surface area contributed by atoms with Crippen molar-refractivity contribution in [1.82, 2.24) is 15.0 Å². The Morgan fingerprint density at radius 3 is 2.90 bits per heavy atom. The molecule has 0 aromatic carbocycles. The van der Waals surface area contributed by atoms with Crippen LogP contribution in [0.15, 0.2) is 4.52 Å². The first-order valence-corrected chi connectivity index (χ1v) is 7.78. The quantitative estimate of drug-likeness (QED) is 0.832. The molecule has 21 heavy (non-hydrogen) atoms. The zero-order chi connectivity index (χ0) is 15.5. The SMILES string of the molecule is CCCC1(C(=O)O)CCCN1Cc1noc(CC(C)C)n1. The third kappa shape index (κ3) is 3.43. The smallest absolute Gasteiger partial charge is 0.324 e. The lowest BCUT2D eigenvalue weighted by Gasteiger charge is -2.33. The second-order valence-corrected chi connectivity index (χ2v) is 6.31. The number of rotatable bonds is 7. The van der Waals surface area contributed by atoms with E-state index in [-0.39, 0.29) is 0 Å². The molecule has 6 nitrogen and oxygen atoms in total. The summed E-state index contributed by atoms with van der Waals surface area (Å²) in [6.45, 7) is 7.45. The lowest BCUT2D eigenvalue weighted by molar-refractivity contribution is -0.150. The highest BCUT2D eigenvalue weighted by Crippen LogP contribution is 2.34. The maximum Gasteiger partial charge on any atom is 0.324 e. The number of hydrogen-bond donors (Lipinski definition) is 1. The topological polar surface area (TPSA) is 79.5 Å². The molecular weight excluding hydrogens is 270 g/mol. The molecular formula is C15H25N3O3. The highest BCUT2D eigenvalue weighted by Gasteiger charge is 2.47. The van der Waals surface area contributed by atoms with Crippen molar-refractivity contribution in [2.24, 2.45) is 5.92 Å². The highest BCUT2D eigenvalue weighted by molar-refractivity contribution is 5.79. The Kier molecular flexibility index (Phi) is 4.98. The fourth-order valence-electron chi connectivity index (χ4n) is 3.17. The molecule has 1 aliphatic rings. The summed E-state index contributed by atoms with van der Waals surface area (Å²) in [6.07, 6.45) is 3.88. The molecule has 1 aromatic heterocycles. The zero-order valence-electron chi connectivity index (χ0n) is 13.1. The van der Waals surface area contributed by atoms with E-state index in [1.54, 1.807) is 0 Å². The van der Waals surface area contributed by atoms with Gasteiger partial charge in [-0.05, 0) is 31.7 Å². The number of likely N-dealkylation sites (tertiary alicyclic amines) is 1. The number of hydrogen-bond acceptors (Lipinski definition) is 5. The minimum atomic E-state index is -0.756. The maximum absolute atomic E-state index is 11.8. The van der Waals surface area contributed by atoms with E-state index in [1.807, 2.05) is 11.8 Å². The lowest BCUT2D eigenvalue weighted by atomic mass is 9.90. The van der Waals surface area contributed by atoms with Crippen LogP contribution in [0.4, 0.5) is 0 Å². The summed E-state index contributed by atoms with van der Waals surface area (Å²) in [7, 11) is 0. The van der Waals surface area contributed by atoms with Gasteiger partial charge in [-0.1, -0.05) is 32.3 Å². The second-order valence-electron chi connectivity index (χ2n) is 6.31. The maximum atomic E-state index is 11.8. The van der Waals surface area contributed by atoms with Gasteiger partial charge in [0, 0.05) is 6.42 Å². The van der Waals surface area contributed by atoms with Gasteiger partial charge in [-0.2, -0.15) is 4.98 Å². The van der Waals surface area contributed by atoms with Gasteiger partial charge in [0.05, 0.1) is 6.54 Å². The van der Waals surface area contributed by atoms with Gasteiger partial charge in [-0.3, -0.25) is 9.69 Å². The first kappa shape index (κ1) is 15.9. The van der Waals surface area contributed by atoms with E-state index in [0.717, 1.165) is 25.8 Å². The van der Waals surface area contributed by atoms with Gasteiger partial charge in [0.1, 0.15) is 5.54 Å². The van der Waals surface area contributed by atoms with Gasteiger partial charge in [0.15, 0.2) is 5.82 Å². The second kappa shape index (κ2) is 6.56. The summed E-state index contributed by atoms with van der Waals surface area (Å²) >= 11 is 0. The fourth-order valence-corrected chi connectivity index (χ4v) is 3.17. The molecule has 0 radical (unpaired) electrons. The van der Waals surface area contributed by atoms with Gasteiger partial charge in [-0.25, -0.2) is 0 Å². The Bertz CT molecular complexity index is 486. The summed E-state index contributed by atoms with van der Waals surface area (Å²) < 4.78 is 5.24. The van der Waals surface area contributed by atoms with Crippen molar-refractivity contribution in [2.45, 2.75) is 65.0 Å². The number of aromatic nitrogens is 2. The molecule has 1 aliphatic heterocycles. The molecule has 1 fully saturated rings. The average Bonchev–Trinajstić information content (AvgIpc) is 2.98. The Balaban J connectivity index is 2.10. The third-order valence-electron chi connectivity index (χ3n) is 4.11. The first-order chi connectivity index (χ1) is 9.98. The molecule has 1 aromatic rings. The van der Waals surface area contributed by atoms with Crippen LogP contribution in [-0.2, 0) is 17.8 Å². The van der Waals surface area contributed by atoms with E-state index in [2.05, 4.69) is 24.0 Å². The number of aliphatic carboxylic acids is 1. The van der Waals surface area contributed by atoms with Gasteiger partial charge in [0.2, 0.25) is 5.89 Å². The predicted octanol–water partition coefficient (Wildman–Crippen LogP) is 2.49. The third-order valence-corrected chi connectivity index (χ3v) is 4.11. The van der Waals surface area contributed by atoms with Crippen LogP contribution in [0.1, 0.15) is 58.2 Å². The van der Waals surface area contributed by atoms with Gasteiger partial charge < -0.3 is 9.63 Å². The van der Waals surface area contributed by atoms with E-state index in [0.29, 0.717) is 37.0 Å². The minimum absolute atomic E-state index is 0.452. The summed E-state index contributed by atoms with van der Waals surface area (Å²) in [5.74, 6) is 0.959. The van der Waals surface area contributed by atoms with E-state index in [4.69, 9.17) is 4.52 Å². The van der Waals surface area contributed by atoms with Crippen molar-refractivity contribution in [2.75, 3.05) is 6.54 Å². The number of carboxylic acid groups (broad SMARTS) is 1. The molecule has 2 rings (SSSR count).